The molecule has 0 heterocycles. The molecule has 6 heteroatoms. The van der Waals surface area contributed by atoms with Gasteiger partial charge in [0.05, 0.1) is 6.54 Å². The van der Waals surface area contributed by atoms with Crippen LogP contribution in [0.4, 0.5) is 0 Å². The Kier molecular flexibility index (Phi) is 4.51. The zero-order chi connectivity index (χ0) is 11.3. The Morgan fingerprint density at radius 1 is 1.27 bits per heavy atom. The maximum absolute atomic E-state index is 11.2. The van der Waals surface area contributed by atoms with Crippen molar-refractivity contribution in [3.05, 3.63) is 0 Å². The molecule has 0 aromatic rings. The van der Waals surface area contributed by atoms with Gasteiger partial charge in [0.1, 0.15) is 0 Å². The Balaban J connectivity index is 2.18. The molecule has 2 N–H and O–H groups in total. The summed E-state index contributed by atoms with van der Waals surface area (Å²) in [5.74, 6) is -1.25. The lowest BCUT2D eigenvalue weighted by Gasteiger charge is -2.13. The molecule has 1 aliphatic rings. The Labute approximate surface area is 88.3 Å². The summed E-state index contributed by atoms with van der Waals surface area (Å²) in [6.45, 7) is 0.157. The number of ether oxygens (including phenoxy) is 2. The van der Waals surface area contributed by atoms with Crippen molar-refractivity contribution in [2.24, 2.45) is 0 Å². The maximum Gasteiger partial charge on any atom is 0.309 e. The first-order valence-corrected chi connectivity index (χ1v) is 4.81. The van der Waals surface area contributed by atoms with E-state index in [1.165, 1.54) is 14.2 Å². The van der Waals surface area contributed by atoms with Crippen LogP contribution < -0.4 is 10.6 Å². The summed E-state index contributed by atoms with van der Waals surface area (Å²) in [5.41, 5.74) is 0. The van der Waals surface area contributed by atoms with Crippen LogP contribution in [-0.2, 0) is 19.1 Å². The fourth-order valence-electron chi connectivity index (χ4n) is 0.998. The van der Waals surface area contributed by atoms with E-state index in [0.717, 1.165) is 12.8 Å². The van der Waals surface area contributed by atoms with Crippen molar-refractivity contribution in [1.82, 2.24) is 10.6 Å². The minimum Gasteiger partial charge on any atom is -0.354 e. The Morgan fingerprint density at radius 3 is 2.33 bits per heavy atom. The summed E-state index contributed by atoms with van der Waals surface area (Å²) < 4.78 is 9.71. The number of hydrogen-bond donors (Lipinski definition) is 2. The van der Waals surface area contributed by atoms with E-state index in [4.69, 9.17) is 9.47 Å². The first-order valence-electron chi connectivity index (χ1n) is 4.81. The number of methoxy groups -OCH3 is 2. The third-order valence-electron chi connectivity index (χ3n) is 2.07. The Bertz CT molecular complexity index is 236. The van der Waals surface area contributed by atoms with Gasteiger partial charge in [0.25, 0.3) is 0 Å². The van der Waals surface area contributed by atoms with Gasteiger partial charge in [-0.3, -0.25) is 9.59 Å². The fraction of sp³-hybridized carbons (Fsp3) is 0.778. The van der Waals surface area contributed by atoms with Crippen molar-refractivity contribution in [3.8, 4) is 0 Å². The molecule has 0 aliphatic heterocycles. The average molecular weight is 216 g/mol. The smallest absolute Gasteiger partial charge is 0.309 e. The zero-order valence-electron chi connectivity index (χ0n) is 8.91. The molecule has 0 saturated heterocycles. The van der Waals surface area contributed by atoms with E-state index in [-0.39, 0.29) is 12.6 Å². The number of carbonyl (C=O) groups excluding carboxylic acids is 2. The maximum atomic E-state index is 11.2. The van der Waals surface area contributed by atoms with E-state index in [1.807, 2.05) is 0 Å². The lowest BCUT2D eigenvalue weighted by atomic mass is 10.5. The highest BCUT2D eigenvalue weighted by atomic mass is 16.7. The molecule has 1 aliphatic carbocycles. The number of hydrogen-bond acceptors (Lipinski definition) is 4. The van der Waals surface area contributed by atoms with Crippen molar-refractivity contribution < 1.29 is 19.1 Å². The van der Waals surface area contributed by atoms with Gasteiger partial charge in [-0.05, 0) is 12.8 Å². The van der Waals surface area contributed by atoms with Gasteiger partial charge in [-0.15, -0.1) is 0 Å². The molecule has 0 atom stereocenters. The monoisotopic (exact) mass is 216 g/mol. The second-order valence-electron chi connectivity index (χ2n) is 3.36. The van der Waals surface area contributed by atoms with Gasteiger partial charge in [0, 0.05) is 20.3 Å². The lowest BCUT2D eigenvalue weighted by Crippen LogP contribution is -2.44. The van der Waals surface area contributed by atoms with Crippen LogP contribution in [0.15, 0.2) is 0 Å². The molecule has 0 spiro atoms. The van der Waals surface area contributed by atoms with Crippen LogP contribution >= 0.6 is 0 Å². The van der Waals surface area contributed by atoms with Gasteiger partial charge >= 0.3 is 11.8 Å². The highest BCUT2D eigenvalue weighted by Crippen LogP contribution is 2.18. The number of rotatable bonds is 5. The van der Waals surface area contributed by atoms with E-state index in [9.17, 15) is 9.59 Å². The molecule has 0 unspecified atom stereocenters. The van der Waals surface area contributed by atoms with Crippen molar-refractivity contribution in [3.63, 3.8) is 0 Å². The number of carbonyl (C=O) groups is 2. The molecule has 1 saturated carbocycles. The second kappa shape index (κ2) is 5.67. The van der Waals surface area contributed by atoms with E-state index in [1.54, 1.807) is 0 Å². The van der Waals surface area contributed by atoms with Crippen molar-refractivity contribution in [1.29, 1.82) is 0 Å². The van der Waals surface area contributed by atoms with Crippen LogP contribution in [0.3, 0.4) is 0 Å². The normalized spacial score (nSPS) is 15.1. The standard InChI is InChI=1S/C9H16N2O4/c1-14-7(15-2)5-10-8(12)9(13)11-6-3-4-6/h6-7H,3-5H2,1-2H3,(H,10,12)(H,11,13). The first kappa shape index (κ1) is 11.9. The first-order chi connectivity index (χ1) is 7.17. The molecule has 1 fully saturated rings. The molecular weight excluding hydrogens is 200 g/mol. The van der Waals surface area contributed by atoms with Crippen LogP contribution in [-0.4, -0.2) is 44.9 Å². The van der Waals surface area contributed by atoms with Crippen molar-refractivity contribution in [2.75, 3.05) is 20.8 Å². The quantitative estimate of drug-likeness (QED) is 0.456. The largest absolute Gasteiger partial charge is 0.354 e. The van der Waals surface area contributed by atoms with Crippen molar-refractivity contribution >= 4 is 11.8 Å². The van der Waals surface area contributed by atoms with Crippen LogP contribution in [0, 0.1) is 0 Å². The van der Waals surface area contributed by atoms with Gasteiger partial charge in [0.2, 0.25) is 0 Å². The summed E-state index contributed by atoms with van der Waals surface area (Å²) in [5, 5.41) is 5.00. The summed E-state index contributed by atoms with van der Waals surface area (Å²) in [4.78, 5) is 22.4. The summed E-state index contributed by atoms with van der Waals surface area (Å²) in [6, 6.07) is 0.184. The van der Waals surface area contributed by atoms with Crippen LogP contribution in [0.1, 0.15) is 12.8 Å². The summed E-state index contributed by atoms with van der Waals surface area (Å²) >= 11 is 0. The zero-order valence-corrected chi connectivity index (χ0v) is 8.91. The van der Waals surface area contributed by atoms with Gasteiger partial charge in [0.15, 0.2) is 6.29 Å². The lowest BCUT2D eigenvalue weighted by molar-refractivity contribution is -0.141. The second-order valence-corrected chi connectivity index (χ2v) is 3.36. The van der Waals surface area contributed by atoms with Gasteiger partial charge in [-0.2, -0.15) is 0 Å². The molecule has 2 amide bonds. The van der Waals surface area contributed by atoms with Crippen molar-refractivity contribution in [2.45, 2.75) is 25.2 Å². The molecule has 0 aromatic heterocycles. The molecule has 0 bridgehead atoms. The van der Waals surface area contributed by atoms with E-state index < -0.39 is 18.1 Å². The Morgan fingerprint density at radius 2 is 1.87 bits per heavy atom. The predicted octanol–water partition coefficient (Wildman–Crippen LogP) is -1.000. The predicted molar refractivity (Wildman–Crippen MR) is 52.0 cm³/mol. The third kappa shape index (κ3) is 4.26. The SMILES string of the molecule is COC(CNC(=O)C(=O)NC1CC1)OC. The minimum absolute atomic E-state index is 0.157. The molecule has 0 aromatic carbocycles. The van der Waals surface area contributed by atoms with Crippen LogP contribution in [0.2, 0.25) is 0 Å². The molecule has 0 radical (unpaired) electrons. The molecule has 1 rings (SSSR count). The Hall–Kier alpha value is -1.14. The molecule has 86 valence electrons. The topological polar surface area (TPSA) is 76.7 Å². The van der Waals surface area contributed by atoms with E-state index in [0.29, 0.717) is 0 Å². The highest BCUT2D eigenvalue weighted by Gasteiger charge is 2.26. The summed E-state index contributed by atoms with van der Waals surface area (Å²) in [6.07, 6.45) is 1.39. The fourth-order valence-corrected chi connectivity index (χ4v) is 0.998. The average Bonchev–Trinajstić information content (AvgIpc) is 3.02. The van der Waals surface area contributed by atoms with E-state index >= 15 is 0 Å². The van der Waals surface area contributed by atoms with Crippen LogP contribution in [0.5, 0.6) is 0 Å². The van der Waals surface area contributed by atoms with Gasteiger partial charge < -0.3 is 20.1 Å². The minimum atomic E-state index is -0.652. The third-order valence-corrected chi connectivity index (χ3v) is 2.07. The number of nitrogens with one attached hydrogen (secondary N) is 2. The van der Waals surface area contributed by atoms with Gasteiger partial charge in [-0.1, -0.05) is 0 Å². The summed E-state index contributed by atoms with van der Waals surface area (Å²) in [7, 11) is 2.93. The molecule has 6 nitrogen and oxygen atoms in total. The molecule has 15 heavy (non-hydrogen) atoms. The van der Waals surface area contributed by atoms with Gasteiger partial charge in [-0.25, -0.2) is 0 Å². The van der Waals surface area contributed by atoms with E-state index in [2.05, 4.69) is 10.6 Å². The highest BCUT2D eigenvalue weighted by molar-refractivity contribution is 6.35. The number of amides is 2. The van der Waals surface area contributed by atoms with Crippen LogP contribution in [0.25, 0.3) is 0 Å². The molecular formula is C9H16N2O4.